The van der Waals surface area contributed by atoms with Gasteiger partial charge in [0.15, 0.2) is 0 Å². The molecule has 1 saturated heterocycles. The molecule has 0 saturated carbocycles. The van der Waals surface area contributed by atoms with Crippen molar-refractivity contribution in [2.75, 3.05) is 13.1 Å². The van der Waals surface area contributed by atoms with Gasteiger partial charge < -0.3 is 14.3 Å². The standard InChI is InChI=1S/C27H25N5OS/c33-27(31-15-12-19(13-16-31)26-29-23-5-1-2-6-24(23)30-26)20-8-10-22(11-9-20)34-18-21-17-32-14-4-3-7-25(32)28-21/h1-11,14,17,19H,12-13,15-16,18H2,(H,29,30). The molecule has 0 aliphatic carbocycles. The van der Waals surface area contributed by atoms with Crippen molar-refractivity contribution in [1.29, 1.82) is 0 Å². The lowest BCUT2D eigenvalue weighted by molar-refractivity contribution is 0.0711. The Bertz CT molecular complexity index is 1380. The van der Waals surface area contributed by atoms with Crippen LogP contribution in [0.25, 0.3) is 16.7 Å². The van der Waals surface area contributed by atoms with Crippen molar-refractivity contribution in [3.8, 4) is 0 Å². The molecule has 0 spiro atoms. The number of likely N-dealkylation sites (tertiary alicyclic amines) is 1. The largest absolute Gasteiger partial charge is 0.342 e. The smallest absolute Gasteiger partial charge is 0.253 e. The SMILES string of the molecule is O=C(c1ccc(SCc2cn3ccccc3n2)cc1)N1CCC(c2nc3ccccc3[nH]2)CC1. The van der Waals surface area contributed by atoms with Crippen LogP contribution in [0.3, 0.4) is 0 Å². The van der Waals surface area contributed by atoms with E-state index in [1.165, 1.54) is 0 Å². The van der Waals surface area contributed by atoms with Gasteiger partial charge in [-0.2, -0.15) is 0 Å². The summed E-state index contributed by atoms with van der Waals surface area (Å²) < 4.78 is 2.04. The zero-order valence-corrected chi connectivity index (χ0v) is 19.5. The van der Waals surface area contributed by atoms with Gasteiger partial charge in [-0.25, -0.2) is 9.97 Å². The van der Waals surface area contributed by atoms with Gasteiger partial charge in [0.05, 0.1) is 16.7 Å². The zero-order chi connectivity index (χ0) is 22.9. The van der Waals surface area contributed by atoms with Crippen LogP contribution in [0.5, 0.6) is 0 Å². The lowest BCUT2D eigenvalue weighted by atomic mass is 9.95. The molecule has 4 heterocycles. The number of thioether (sulfide) groups is 1. The number of hydrogen-bond donors (Lipinski definition) is 1. The third kappa shape index (κ3) is 4.19. The fourth-order valence-corrected chi connectivity index (χ4v) is 5.39. The van der Waals surface area contributed by atoms with E-state index in [0.717, 1.165) is 70.3 Å². The number of H-pyrrole nitrogens is 1. The van der Waals surface area contributed by atoms with E-state index < -0.39 is 0 Å². The van der Waals surface area contributed by atoms with Crippen LogP contribution in [0.1, 0.15) is 40.6 Å². The molecular formula is C27H25N5OS. The molecule has 2 aromatic carbocycles. The predicted molar refractivity (Wildman–Crippen MR) is 135 cm³/mol. The number of para-hydroxylation sites is 2. The first-order valence-corrected chi connectivity index (χ1v) is 12.6. The van der Waals surface area contributed by atoms with Crippen molar-refractivity contribution in [3.05, 3.63) is 96.2 Å². The van der Waals surface area contributed by atoms with Crippen molar-refractivity contribution in [2.24, 2.45) is 0 Å². The summed E-state index contributed by atoms with van der Waals surface area (Å²) in [6.07, 6.45) is 5.93. The molecule has 1 fully saturated rings. The predicted octanol–water partition coefficient (Wildman–Crippen LogP) is 5.52. The minimum absolute atomic E-state index is 0.111. The van der Waals surface area contributed by atoms with Crippen molar-refractivity contribution in [1.82, 2.24) is 24.3 Å². The number of aromatic amines is 1. The van der Waals surface area contributed by atoms with Gasteiger partial charge in [-0.3, -0.25) is 4.79 Å². The molecule has 6 rings (SSSR count). The van der Waals surface area contributed by atoms with Crippen LogP contribution in [0.15, 0.2) is 84.0 Å². The molecular weight excluding hydrogens is 442 g/mol. The molecule has 34 heavy (non-hydrogen) atoms. The Morgan fingerprint density at radius 2 is 1.76 bits per heavy atom. The van der Waals surface area contributed by atoms with E-state index in [1.807, 2.05) is 76.2 Å². The second-order valence-electron chi connectivity index (χ2n) is 8.72. The van der Waals surface area contributed by atoms with E-state index in [-0.39, 0.29) is 5.91 Å². The number of hydrogen-bond acceptors (Lipinski definition) is 4. The summed E-state index contributed by atoms with van der Waals surface area (Å²) in [7, 11) is 0. The molecule has 1 N–H and O–H groups in total. The van der Waals surface area contributed by atoms with E-state index >= 15 is 0 Å². The van der Waals surface area contributed by atoms with E-state index in [4.69, 9.17) is 4.98 Å². The monoisotopic (exact) mass is 467 g/mol. The number of amides is 1. The van der Waals surface area contributed by atoms with Crippen LogP contribution in [-0.4, -0.2) is 43.2 Å². The Balaban J connectivity index is 1.05. The fraction of sp³-hybridized carbons (Fsp3) is 0.222. The van der Waals surface area contributed by atoms with E-state index in [0.29, 0.717) is 5.92 Å². The number of nitrogens with one attached hydrogen (secondary N) is 1. The van der Waals surface area contributed by atoms with E-state index in [9.17, 15) is 4.79 Å². The Hall–Kier alpha value is -3.58. The van der Waals surface area contributed by atoms with Gasteiger partial charge in [-0.15, -0.1) is 11.8 Å². The summed E-state index contributed by atoms with van der Waals surface area (Å²) in [5, 5.41) is 0. The van der Waals surface area contributed by atoms with Gasteiger partial charge in [0.2, 0.25) is 0 Å². The van der Waals surface area contributed by atoms with Crippen molar-refractivity contribution in [3.63, 3.8) is 0 Å². The summed E-state index contributed by atoms with van der Waals surface area (Å²) in [4.78, 5) is 29.0. The molecule has 0 unspecified atom stereocenters. The number of rotatable bonds is 5. The Kier molecular flexibility index (Phi) is 5.55. The molecule has 0 bridgehead atoms. The summed E-state index contributed by atoms with van der Waals surface area (Å²) in [6.45, 7) is 1.51. The van der Waals surface area contributed by atoms with Gasteiger partial charge in [-0.05, 0) is 61.4 Å². The van der Waals surface area contributed by atoms with E-state index in [1.54, 1.807) is 11.8 Å². The highest BCUT2D eigenvalue weighted by Crippen LogP contribution is 2.29. The highest BCUT2D eigenvalue weighted by atomic mass is 32.2. The molecule has 0 atom stereocenters. The maximum atomic E-state index is 13.1. The summed E-state index contributed by atoms with van der Waals surface area (Å²) in [5.74, 6) is 2.32. The highest BCUT2D eigenvalue weighted by Gasteiger charge is 2.26. The summed E-state index contributed by atoms with van der Waals surface area (Å²) >= 11 is 1.73. The normalized spacial score (nSPS) is 14.8. The molecule has 0 radical (unpaired) electrons. The Morgan fingerprint density at radius 3 is 2.56 bits per heavy atom. The van der Waals surface area contributed by atoms with Crippen molar-refractivity contribution >= 4 is 34.3 Å². The third-order valence-corrected chi connectivity index (χ3v) is 7.52. The van der Waals surface area contributed by atoms with Crippen LogP contribution in [0, 0.1) is 0 Å². The summed E-state index contributed by atoms with van der Waals surface area (Å²) in [5.41, 5.74) is 4.84. The number of fused-ring (bicyclic) bond motifs is 2. The first-order chi connectivity index (χ1) is 16.7. The van der Waals surface area contributed by atoms with Crippen LogP contribution in [-0.2, 0) is 5.75 Å². The van der Waals surface area contributed by atoms with Crippen LogP contribution in [0.2, 0.25) is 0 Å². The highest BCUT2D eigenvalue weighted by molar-refractivity contribution is 7.98. The molecule has 1 aliphatic heterocycles. The number of piperidine rings is 1. The molecule has 5 aromatic rings. The number of nitrogens with zero attached hydrogens (tertiary/aromatic N) is 4. The Labute approximate surface area is 202 Å². The number of imidazole rings is 2. The first kappa shape index (κ1) is 21.0. The number of benzene rings is 2. The minimum Gasteiger partial charge on any atom is -0.342 e. The number of aromatic nitrogens is 4. The second-order valence-corrected chi connectivity index (χ2v) is 9.77. The second kappa shape index (κ2) is 8.99. The maximum absolute atomic E-state index is 13.1. The number of carbonyl (C=O) groups excluding carboxylic acids is 1. The van der Waals surface area contributed by atoms with Gasteiger partial charge in [0, 0.05) is 47.6 Å². The van der Waals surface area contributed by atoms with Crippen molar-refractivity contribution < 1.29 is 4.79 Å². The lowest BCUT2D eigenvalue weighted by Gasteiger charge is -2.31. The molecule has 1 amide bonds. The lowest BCUT2D eigenvalue weighted by Crippen LogP contribution is -2.38. The van der Waals surface area contributed by atoms with Crippen LogP contribution < -0.4 is 0 Å². The fourth-order valence-electron chi connectivity index (χ4n) is 4.61. The molecule has 3 aromatic heterocycles. The van der Waals surface area contributed by atoms with Gasteiger partial charge >= 0.3 is 0 Å². The first-order valence-electron chi connectivity index (χ1n) is 11.6. The number of carbonyl (C=O) groups is 1. The van der Waals surface area contributed by atoms with Gasteiger partial charge in [0.25, 0.3) is 5.91 Å². The van der Waals surface area contributed by atoms with Gasteiger partial charge in [0.1, 0.15) is 11.5 Å². The van der Waals surface area contributed by atoms with Crippen LogP contribution >= 0.6 is 11.8 Å². The third-order valence-electron chi connectivity index (χ3n) is 6.48. The number of pyridine rings is 1. The zero-order valence-electron chi connectivity index (χ0n) is 18.7. The minimum atomic E-state index is 0.111. The quantitative estimate of drug-likeness (QED) is 0.346. The average Bonchev–Trinajstić information content (AvgIpc) is 3.51. The van der Waals surface area contributed by atoms with Gasteiger partial charge in [-0.1, -0.05) is 18.2 Å². The molecule has 7 heteroatoms. The average molecular weight is 468 g/mol. The molecule has 1 aliphatic rings. The summed E-state index contributed by atoms with van der Waals surface area (Å²) in [6, 6.07) is 22.1. The topological polar surface area (TPSA) is 66.3 Å². The Morgan fingerprint density at radius 1 is 0.971 bits per heavy atom. The van der Waals surface area contributed by atoms with E-state index in [2.05, 4.69) is 22.2 Å². The molecule has 6 nitrogen and oxygen atoms in total. The van der Waals surface area contributed by atoms with Crippen molar-refractivity contribution in [2.45, 2.75) is 29.4 Å². The molecule has 170 valence electrons. The van der Waals surface area contributed by atoms with Crippen LogP contribution in [0.4, 0.5) is 0 Å². The maximum Gasteiger partial charge on any atom is 0.253 e.